The highest BCUT2D eigenvalue weighted by molar-refractivity contribution is 7.26. The van der Waals surface area contributed by atoms with E-state index in [1.807, 2.05) is 23.5 Å². The maximum Gasteiger partial charge on any atom is 0.137 e. The second-order valence-corrected chi connectivity index (χ2v) is 13.7. The number of furan rings is 1. The van der Waals surface area contributed by atoms with Crippen LogP contribution in [0.2, 0.25) is 0 Å². The highest BCUT2D eigenvalue weighted by Crippen LogP contribution is 2.55. The molecule has 9 aromatic rings. The van der Waals surface area contributed by atoms with Crippen molar-refractivity contribution < 1.29 is 4.42 Å². The molecule has 0 fully saturated rings. The van der Waals surface area contributed by atoms with Gasteiger partial charge in [-0.25, -0.2) is 0 Å². The van der Waals surface area contributed by atoms with Crippen LogP contribution in [-0.2, 0) is 5.41 Å². The van der Waals surface area contributed by atoms with Gasteiger partial charge < -0.3 is 9.32 Å². The van der Waals surface area contributed by atoms with Crippen LogP contribution in [0.5, 0.6) is 0 Å². The monoisotopic (exact) mass is 619 g/mol. The average molecular weight is 620 g/mol. The molecule has 0 unspecified atom stereocenters. The summed E-state index contributed by atoms with van der Waals surface area (Å²) in [7, 11) is 0. The van der Waals surface area contributed by atoms with Crippen LogP contribution in [-0.4, -0.2) is 0 Å². The zero-order chi connectivity index (χ0) is 31.1. The van der Waals surface area contributed by atoms with Crippen molar-refractivity contribution in [2.24, 2.45) is 0 Å². The Hall–Kier alpha value is -5.64. The Kier molecular flexibility index (Phi) is 5.61. The number of thiophene rings is 1. The number of fused-ring (bicyclic) bond motifs is 9. The van der Waals surface area contributed by atoms with Crippen LogP contribution < -0.4 is 4.90 Å². The molecule has 0 saturated carbocycles. The lowest BCUT2D eigenvalue weighted by molar-refractivity contribution is 0.669. The summed E-state index contributed by atoms with van der Waals surface area (Å²) in [5, 5.41) is 4.85. The van der Waals surface area contributed by atoms with Crippen molar-refractivity contribution in [3.8, 4) is 11.1 Å². The fourth-order valence-corrected chi connectivity index (χ4v) is 9.25. The summed E-state index contributed by atoms with van der Waals surface area (Å²) in [4.78, 5) is 2.34. The summed E-state index contributed by atoms with van der Waals surface area (Å²) < 4.78 is 8.97. The number of hydrogen-bond acceptors (Lipinski definition) is 3. The van der Waals surface area contributed by atoms with Crippen LogP contribution in [0.1, 0.15) is 23.6 Å². The van der Waals surface area contributed by atoms with E-state index < -0.39 is 0 Å². The van der Waals surface area contributed by atoms with Crippen molar-refractivity contribution in [3.63, 3.8) is 0 Å². The summed E-state index contributed by atoms with van der Waals surface area (Å²) in [5.74, 6) is 0. The number of anilines is 3. The van der Waals surface area contributed by atoms with E-state index in [0.717, 1.165) is 39.0 Å². The molecular weight excluding hydrogens is 591 g/mol. The molecule has 47 heavy (non-hydrogen) atoms. The van der Waals surface area contributed by atoms with E-state index in [4.69, 9.17) is 4.42 Å². The highest BCUT2D eigenvalue weighted by atomic mass is 32.1. The molecule has 0 aliphatic heterocycles. The van der Waals surface area contributed by atoms with Gasteiger partial charge in [-0.1, -0.05) is 103 Å². The number of rotatable bonds is 4. The number of para-hydroxylation sites is 2. The van der Waals surface area contributed by atoms with Crippen LogP contribution in [0.25, 0.3) is 53.2 Å². The van der Waals surface area contributed by atoms with Gasteiger partial charge in [-0.3, -0.25) is 0 Å². The number of hydrogen-bond donors (Lipinski definition) is 0. The third-order valence-corrected chi connectivity index (χ3v) is 11.4. The van der Waals surface area contributed by atoms with E-state index in [9.17, 15) is 0 Å². The molecule has 0 bridgehead atoms. The summed E-state index contributed by atoms with van der Waals surface area (Å²) >= 11 is 1.91. The highest BCUT2D eigenvalue weighted by Gasteiger charge is 2.41. The molecule has 2 nitrogen and oxygen atoms in total. The zero-order valence-electron chi connectivity index (χ0n) is 25.8. The van der Waals surface area contributed by atoms with Crippen molar-refractivity contribution in [2.75, 3.05) is 4.90 Å². The van der Waals surface area contributed by atoms with Crippen LogP contribution in [0, 0.1) is 0 Å². The Balaban J connectivity index is 1.17. The molecule has 0 atom stereocenters. The standard InChI is InChI=1S/C44H29NOS/c1-44(37-18-8-5-14-31(37)32-15-6-9-19-38(32)44)39-20-11-17-35-36-26-29(23-25-42(36)47-43(35)39)45(28-12-3-2-4-13-28)30-22-24-34-33-16-7-10-21-40(33)46-41(34)27-30/h2-27H,1H3. The Labute approximate surface area is 276 Å². The summed E-state index contributed by atoms with van der Waals surface area (Å²) in [6.45, 7) is 2.41. The topological polar surface area (TPSA) is 16.4 Å². The van der Waals surface area contributed by atoms with Crippen LogP contribution in [0.15, 0.2) is 162 Å². The fourth-order valence-electron chi connectivity index (χ4n) is 7.94. The molecule has 1 aliphatic carbocycles. The molecule has 7 aromatic carbocycles. The molecule has 10 rings (SSSR count). The van der Waals surface area contributed by atoms with E-state index in [1.54, 1.807) is 0 Å². The molecule has 1 aliphatic rings. The number of benzene rings is 7. The summed E-state index contributed by atoms with van der Waals surface area (Å²) in [6, 6.07) is 57.1. The van der Waals surface area contributed by atoms with Crippen molar-refractivity contribution in [3.05, 3.63) is 174 Å². The van der Waals surface area contributed by atoms with Gasteiger partial charge in [0.25, 0.3) is 0 Å². The Morgan fingerprint density at radius 1 is 0.468 bits per heavy atom. The quantitative estimate of drug-likeness (QED) is 0.195. The first-order valence-corrected chi connectivity index (χ1v) is 16.9. The van der Waals surface area contributed by atoms with Crippen molar-refractivity contribution in [1.82, 2.24) is 0 Å². The Bertz CT molecular complexity index is 2620. The first-order chi connectivity index (χ1) is 23.2. The molecule has 2 aromatic heterocycles. The first-order valence-electron chi connectivity index (χ1n) is 16.1. The lowest BCUT2D eigenvalue weighted by Gasteiger charge is -2.29. The van der Waals surface area contributed by atoms with Gasteiger partial charge in [0.1, 0.15) is 11.2 Å². The van der Waals surface area contributed by atoms with Gasteiger partial charge in [0.15, 0.2) is 0 Å². The average Bonchev–Trinajstić information content (AvgIpc) is 3.77. The van der Waals surface area contributed by atoms with Gasteiger partial charge >= 0.3 is 0 Å². The maximum absolute atomic E-state index is 6.33. The molecule has 0 spiro atoms. The van der Waals surface area contributed by atoms with E-state index in [0.29, 0.717) is 0 Å². The van der Waals surface area contributed by atoms with Gasteiger partial charge in [0.2, 0.25) is 0 Å². The third kappa shape index (κ3) is 3.78. The Morgan fingerprint density at radius 3 is 1.89 bits per heavy atom. The molecule has 0 radical (unpaired) electrons. The lowest BCUT2D eigenvalue weighted by atomic mass is 9.74. The summed E-state index contributed by atoms with van der Waals surface area (Å²) in [6.07, 6.45) is 0. The molecule has 0 N–H and O–H groups in total. The van der Waals surface area contributed by atoms with Crippen LogP contribution in [0.3, 0.4) is 0 Å². The number of nitrogens with zero attached hydrogens (tertiary/aromatic N) is 1. The predicted molar refractivity (Wildman–Crippen MR) is 199 cm³/mol. The minimum absolute atomic E-state index is 0.242. The smallest absolute Gasteiger partial charge is 0.137 e. The van der Waals surface area contributed by atoms with E-state index in [1.165, 1.54) is 48.0 Å². The van der Waals surface area contributed by atoms with Crippen LogP contribution >= 0.6 is 11.3 Å². The zero-order valence-corrected chi connectivity index (χ0v) is 26.6. The van der Waals surface area contributed by atoms with Gasteiger partial charge in [-0.05, 0) is 83.3 Å². The normalized spacial score (nSPS) is 13.4. The molecule has 222 valence electrons. The van der Waals surface area contributed by atoms with Gasteiger partial charge in [-0.2, -0.15) is 0 Å². The molecule has 2 heterocycles. The van der Waals surface area contributed by atoms with Crippen molar-refractivity contribution >= 4 is 70.5 Å². The predicted octanol–water partition coefficient (Wildman–Crippen LogP) is 12.8. The maximum atomic E-state index is 6.33. The van der Waals surface area contributed by atoms with Gasteiger partial charge in [-0.15, -0.1) is 11.3 Å². The molecular formula is C44H29NOS. The third-order valence-electron chi connectivity index (χ3n) is 10.1. The second kappa shape index (κ2) is 9.93. The molecule has 0 amide bonds. The largest absolute Gasteiger partial charge is 0.456 e. The van der Waals surface area contributed by atoms with Crippen molar-refractivity contribution in [1.29, 1.82) is 0 Å². The second-order valence-electron chi connectivity index (χ2n) is 12.6. The van der Waals surface area contributed by atoms with Gasteiger partial charge in [0, 0.05) is 59.5 Å². The minimum atomic E-state index is -0.242. The van der Waals surface area contributed by atoms with Crippen LogP contribution in [0.4, 0.5) is 17.1 Å². The fraction of sp³-hybridized carbons (Fsp3) is 0.0455. The lowest BCUT2D eigenvalue weighted by Crippen LogP contribution is -2.22. The SMILES string of the molecule is CC1(c2cccc3c2sc2ccc(N(c4ccccc4)c4ccc5c(c4)oc4ccccc45)cc23)c2ccccc2-c2ccccc21. The van der Waals surface area contributed by atoms with Crippen molar-refractivity contribution in [2.45, 2.75) is 12.3 Å². The Morgan fingerprint density at radius 2 is 1.09 bits per heavy atom. The summed E-state index contributed by atoms with van der Waals surface area (Å²) in [5.41, 5.74) is 11.6. The first kappa shape index (κ1) is 26.6. The molecule has 0 saturated heterocycles. The van der Waals surface area contributed by atoms with E-state index in [-0.39, 0.29) is 5.41 Å². The van der Waals surface area contributed by atoms with Gasteiger partial charge in [0.05, 0.1) is 0 Å². The molecule has 3 heteroatoms. The van der Waals surface area contributed by atoms with E-state index in [2.05, 4.69) is 157 Å². The van der Waals surface area contributed by atoms with E-state index >= 15 is 0 Å². The minimum Gasteiger partial charge on any atom is -0.456 e.